The van der Waals surface area contributed by atoms with Crippen molar-refractivity contribution in [3.63, 3.8) is 0 Å². The van der Waals surface area contributed by atoms with Gasteiger partial charge in [0.1, 0.15) is 5.69 Å². The van der Waals surface area contributed by atoms with E-state index in [9.17, 15) is 4.79 Å². The molecule has 21 heavy (non-hydrogen) atoms. The van der Waals surface area contributed by atoms with Gasteiger partial charge in [0.2, 0.25) is 0 Å². The number of amides is 1. The Morgan fingerprint density at radius 1 is 1.24 bits per heavy atom. The average Bonchev–Trinajstić information content (AvgIpc) is 2.95. The van der Waals surface area contributed by atoms with Gasteiger partial charge in [0, 0.05) is 16.8 Å². The van der Waals surface area contributed by atoms with Gasteiger partial charge in [-0.15, -0.1) is 11.3 Å². The molecule has 0 aliphatic rings. The van der Waals surface area contributed by atoms with E-state index in [2.05, 4.69) is 15.3 Å². The Bertz CT molecular complexity index is 797. The molecule has 0 spiro atoms. The summed E-state index contributed by atoms with van der Waals surface area (Å²) in [6.45, 7) is 1.85. The third kappa shape index (κ3) is 2.91. The normalized spacial score (nSPS) is 12.3. The number of carbonyl (C=O) groups is 1. The number of nitrogens with zero attached hydrogens (tertiary/aromatic N) is 2. The zero-order valence-corrected chi connectivity index (χ0v) is 12.2. The summed E-state index contributed by atoms with van der Waals surface area (Å²) in [5, 5.41) is 6.12. The van der Waals surface area contributed by atoms with E-state index in [1.165, 1.54) is 11.3 Å². The molecule has 1 amide bonds. The number of carbonyl (C=O) groups excluding carboxylic acids is 1. The van der Waals surface area contributed by atoms with Gasteiger partial charge in [0.05, 0.1) is 11.2 Å². The van der Waals surface area contributed by atoms with E-state index < -0.39 is 0 Å². The number of nitrogens with two attached hydrogens (primary N) is 1. The second kappa shape index (κ2) is 5.59. The van der Waals surface area contributed by atoms with Gasteiger partial charge < -0.3 is 5.73 Å². The van der Waals surface area contributed by atoms with Gasteiger partial charge in [0.15, 0.2) is 5.13 Å². The van der Waals surface area contributed by atoms with Crippen LogP contribution in [-0.2, 0) is 0 Å². The third-order valence-corrected chi connectivity index (χ3v) is 3.82. The SMILES string of the molecule is CC(N)c1csc(NC(=O)c2ccc3ccccc3n2)n1. The number of benzene rings is 1. The fourth-order valence-corrected chi connectivity index (χ4v) is 2.72. The molecule has 5 nitrogen and oxygen atoms in total. The predicted molar refractivity (Wildman–Crippen MR) is 84.4 cm³/mol. The number of rotatable bonds is 3. The summed E-state index contributed by atoms with van der Waals surface area (Å²) in [6.07, 6.45) is 0. The number of para-hydroxylation sites is 1. The maximum absolute atomic E-state index is 12.2. The first-order valence-corrected chi connectivity index (χ1v) is 7.39. The number of thiazole rings is 1. The zero-order valence-electron chi connectivity index (χ0n) is 11.4. The molecule has 1 aromatic carbocycles. The largest absolute Gasteiger partial charge is 0.323 e. The van der Waals surface area contributed by atoms with Crippen LogP contribution in [0.25, 0.3) is 10.9 Å². The van der Waals surface area contributed by atoms with Crippen molar-refractivity contribution in [2.75, 3.05) is 5.32 Å². The first-order chi connectivity index (χ1) is 10.1. The molecular formula is C15H14N4OS. The quantitative estimate of drug-likeness (QED) is 0.779. The van der Waals surface area contributed by atoms with Crippen molar-refractivity contribution < 1.29 is 4.79 Å². The minimum absolute atomic E-state index is 0.148. The van der Waals surface area contributed by atoms with Gasteiger partial charge in [0.25, 0.3) is 5.91 Å². The van der Waals surface area contributed by atoms with Crippen LogP contribution in [0.1, 0.15) is 29.1 Å². The smallest absolute Gasteiger partial charge is 0.276 e. The van der Waals surface area contributed by atoms with E-state index in [1.807, 2.05) is 42.6 Å². The van der Waals surface area contributed by atoms with E-state index >= 15 is 0 Å². The van der Waals surface area contributed by atoms with Crippen LogP contribution in [0.3, 0.4) is 0 Å². The molecule has 1 atom stereocenters. The highest BCUT2D eigenvalue weighted by molar-refractivity contribution is 7.14. The van der Waals surface area contributed by atoms with Crippen molar-refractivity contribution in [1.82, 2.24) is 9.97 Å². The molecule has 0 fully saturated rings. The van der Waals surface area contributed by atoms with Crippen molar-refractivity contribution in [3.8, 4) is 0 Å². The van der Waals surface area contributed by atoms with Gasteiger partial charge in [-0.2, -0.15) is 0 Å². The second-order valence-electron chi connectivity index (χ2n) is 4.71. The lowest BCUT2D eigenvalue weighted by molar-refractivity contribution is 0.102. The van der Waals surface area contributed by atoms with Crippen molar-refractivity contribution >= 4 is 33.3 Å². The molecule has 0 saturated heterocycles. The van der Waals surface area contributed by atoms with E-state index in [0.717, 1.165) is 16.6 Å². The Morgan fingerprint density at radius 3 is 2.81 bits per heavy atom. The molecule has 0 aliphatic carbocycles. The topological polar surface area (TPSA) is 80.9 Å². The molecule has 3 N–H and O–H groups in total. The minimum Gasteiger partial charge on any atom is -0.323 e. The lowest BCUT2D eigenvalue weighted by Crippen LogP contribution is -2.14. The fraction of sp³-hybridized carbons (Fsp3) is 0.133. The lowest BCUT2D eigenvalue weighted by Gasteiger charge is -2.03. The third-order valence-electron chi connectivity index (χ3n) is 3.04. The summed E-state index contributed by atoms with van der Waals surface area (Å²) in [4.78, 5) is 20.8. The molecule has 0 saturated carbocycles. The van der Waals surface area contributed by atoms with Crippen LogP contribution in [0.4, 0.5) is 5.13 Å². The number of pyridine rings is 1. The van der Waals surface area contributed by atoms with Crippen LogP contribution < -0.4 is 11.1 Å². The molecule has 0 aliphatic heterocycles. The molecule has 3 aromatic rings. The maximum atomic E-state index is 12.2. The Kier molecular flexibility index (Phi) is 3.64. The molecule has 0 bridgehead atoms. The number of hydrogen-bond acceptors (Lipinski definition) is 5. The Morgan fingerprint density at radius 2 is 2.05 bits per heavy atom. The second-order valence-corrected chi connectivity index (χ2v) is 5.57. The summed E-state index contributed by atoms with van der Waals surface area (Å²) in [6, 6.07) is 11.1. The number of nitrogens with one attached hydrogen (secondary N) is 1. The molecular weight excluding hydrogens is 284 g/mol. The van der Waals surface area contributed by atoms with E-state index in [1.54, 1.807) is 6.07 Å². The summed E-state index contributed by atoms with van der Waals surface area (Å²) in [5.41, 5.74) is 7.67. The number of aromatic nitrogens is 2. The van der Waals surface area contributed by atoms with Crippen molar-refractivity contribution in [3.05, 3.63) is 53.2 Å². The fourth-order valence-electron chi connectivity index (χ4n) is 1.91. The Labute approximate surface area is 125 Å². The van der Waals surface area contributed by atoms with Crippen molar-refractivity contribution in [2.45, 2.75) is 13.0 Å². The van der Waals surface area contributed by atoms with E-state index in [0.29, 0.717) is 10.8 Å². The van der Waals surface area contributed by atoms with Crippen molar-refractivity contribution in [1.29, 1.82) is 0 Å². The van der Waals surface area contributed by atoms with Gasteiger partial charge in [-0.3, -0.25) is 10.1 Å². The van der Waals surface area contributed by atoms with Crippen LogP contribution in [0.15, 0.2) is 41.8 Å². The van der Waals surface area contributed by atoms with Gasteiger partial charge >= 0.3 is 0 Å². The minimum atomic E-state index is -0.272. The van der Waals surface area contributed by atoms with Crippen LogP contribution >= 0.6 is 11.3 Å². The van der Waals surface area contributed by atoms with Gasteiger partial charge in [-0.25, -0.2) is 9.97 Å². The number of anilines is 1. The molecule has 0 radical (unpaired) electrons. The molecule has 6 heteroatoms. The van der Waals surface area contributed by atoms with Crippen LogP contribution in [0, 0.1) is 0 Å². The molecule has 2 aromatic heterocycles. The first kappa shape index (κ1) is 13.7. The maximum Gasteiger partial charge on any atom is 0.276 e. The zero-order chi connectivity index (χ0) is 14.8. The molecule has 1 unspecified atom stereocenters. The summed E-state index contributed by atoms with van der Waals surface area (Å²) < 4.78 is 0. The van der Waals surface area contributed by atoms with Gasteiger partial charge in [-0.05, 0) is 19.1 Å². The van der Waals surface area contributed by atoms with Crippen LogP contribution in [0.5, 0.6) is 0 Å². The number of hydrogen-bond donors (Lipinski definition) is 2. The average molecular weight is 298 g/mol. The van der Waals surface area contributed by atoms with Crippen molar-refractivity contribution in [2.24, 2.45) is 5.73 Å². The highest BCUT2D eigenvalue weighted by Gasteiger charge is 2.12. The highest BCUT2D eigenvalue weighted by Crippen LogP contribution is 2.20. The van der Waals surface area contributed by atoms with Gasteiger partial charge in [-0.1, -0.05) is 24.3 Å². The van der Waals surface area contributed by atoms with Crippen LogP contribution in [0.2, 0.25) is 0 Å². The molecule has 106 valence electrons. The Balaban J connectivity index is 1.82. The monoisotopic (exact) mass is 298 g/mol. The lowest BCUT2D eigenvalue weighted by atomic mass is 10.2. The van der Waals surface area contributed by atoms with E-state index in [4.69, 9.17) is 5.73 Å². The summed E-state index contributed by atoms with van der Waals surface area (Å²) in [7, 11) is 0. The Hall–Kier alpha value is -2.31. The molecule has 3 rings (SSSR count). The highest BCUT2D eigenvalue weighted by atomic mass is 32.1. The summed E-state index contributed by atoms with van der Waals surface area (Å²) in [5.74, 6) is -0.272. The van der Waals surface area contributed by atoms with Crippen LogP contribution in [-0.4, -0.2) is 15.9 Å². The first-order valence-electron chi connectivity index (χ1n) is 6.51. The molecule has 2 heterocycles. The number of fused-ring (bicyclic) bond motifs is 1. The standard InChI is InChI=1S/C15H14N4OS/c1-9(16)13-8-21-15(18-13)19-14(20)12-7-6-10-4-2-3-5-11(10)17-12/h2-9H,16H2,1H3,(H,18,19,20). The summed E-state index contributed by atoms with van der Waals surface area (Å²) >= 11 is 1.35. The van der Waals surface area contributed by atoms with E-state index in [-0.39, 0.29) is 11.9 Å². The predicted octanol–water partition coefficient (Wildman–Crippen LogP) is 2.96.